The summed E-state index contributed by atoms with van der Waals surface area (Å²) in [5.74, 6) is 1.32. The zero-order valence-electron chi connectivity index (χ0n) is 11.9. The second-order valence-electron chi connectivity index (χ2n) is 5.41. The van der Waals surface area contributed by atoms with Crippen LogP contribution in [0.25, 0.3) is 0 Å². The van der Waals surface area contributed by atoms with Gasteiger partial charge in [0.2, 0.25) is 0 Å². The minimum absolute atomic E-state index is 0.0283. The molecule has 106 valence electrons. The molecule has 0 bridgehead atoms. The van der Waals surface area contributed by atoms with Crippen LogP contribution in [0.2, 0.25) is 0 Å². The molecule has 1 aliphatic heterocycles. The number of hydrogen-bond acceptors (Lipinski definition) is 2. The third-order valence-electron chi connectivity index (χ3n) is 3.61. The van der Waals surface area contributed by atoms with Gasteiger partial charge in [-0.3, -0.25) is 0 Å². The first-order valence-electron chi connectivity index (χ1n) is 7.14. The lowest BCUT2D eigenvalue weighted by Gasteiger charge is -2.22. The molecule has 2 nitrogen and oxygen atoms in total. The molecule has 0 N–H and O–H groups in total. The molecule has 1 aliphatic rings. The van der Waals surface area contributed by atoms with Gasteiger partial charge in [0.05, 0.1) is 17.6 Å². The standard InChI is InChI=1S/C16H23ClO2/c1-4-15-14(9-10-18-15)16(17)12-5-7-13(8-6-12)19-11(2)3/h5-8,11,14-16H,4,9-10H2,1-3H3. The highest BCUT2D eigenvalue weighted by atomic mass is 35.5. The van der Waals surface area contributed by atoms with E-state index in [9.17, 15) is 0 Å². The van der Waals surface area contributed by atoms with E-state index in [-0.39, 0.29) is 11.5 Å². The van der Waals surface area contributed by atoms with Crippen LogP contribution in [0.1, 0.15) is 44.6 Å². The van der Waals surface area contributed by atoms with Gasteiger partial charge in [0.25, 0.3) is 0 Å². The Hall–Kier alpha value is -0.730. The average molecular weight is 283 g/mol. The van der Waals surface area contributed by atoms with Crippen LogP contribution in [0.15, 0.2) is 24.3 Å². The molecule has 1 aromatic carbocycles. The molecular formula is C16H23ClO2. The molecule has 1 heterocycles. The highest BCUT2D eigenvalue weighted by Crippen LogP contribution is 2.39. The Morgan fingerprint density at radius 3 is 2.58 bits per heavy atom. The second-order valence-corrected chi connectivity index (χ2v) is 5.88. The molecule has 3 atom stereocenters. The van der Waals surface area contributed by atoms with E-state index >= 15 is 0 Å². The van der Waals surface area contributed by atoms with Gasteiger partial charge in [-0.05, 0) is 44.4 Å². The maximum Gasteiger partial charge on any atom is 0.119 e. The first-order valence-corrected chi connectivity index (χ1v) is 7.57. The summed E-state index contributed by atoms with van der Waals surface area (Å²) in [4.78, 5) is 0. The fourth-order valence-corrected chi connectivity index (χ4v) is 3.10. The summed E-state index contributed by atoms with van der Waals surface area (Å²) in [7, 11) is 0. The van der Waals surface area contributed by atoms with Gasteiger partial charge in [-0.15, -0.1) is 11.6 Å². The van der Waals surface area contributed by atoms with Crippen molar-refractivity contribution in [3.05, 3.63) is 29.8 Å². The number of alkyl halides is 1. The van der Waals surface area contributed by atoms with Crippen LogP contribution in [0.5, 0.6) is 5.75 Å². The molecule has 3 heteroatoms. The smallest absolute Gasteiger partial charge is 0.119 e. The monoisotopic (exact) mass is 282 g/mol. The van der Waals surface area contributed by atoms with Crippen molar-refractivity contribution in [3.8, 4) is 5.75 Å². The molecule has 3 unspecified atom stereocenters. The number of hydrogen-bond donors (Lipinski definition) is 0. The summed E-state index contributed by atoms with van der Waals surface area (Å²) in [5, 5.41) is 0.0283. The van der Waals surface area contributed by atoms with Crippen LogP contribution in [0.3, 0.4) is 0 Å². The van der Waals surface area contributed by atoms with Gasteiger partial charge in [-0.25, -0.2) is 0 Å². The summed E-state index contributed by atoms with van der Waals surface area (Å²) < 4.78 is 11.4. The fourth-order valence-electron chi connectivity index (χ4n) is 2.67. The van der Waals surface area contributed by atoms with E-state index in [0.717, 1.165) is 30.8 Å². The van der Waals surface area contributed by atoms with Gasteiger partial charge in [0, 0.05) is 12.5 Å². The van der Waals surface area contributed by atoms with Crippen LogP contribution in [0, 0.1) is 5.92 Å². The molecule has 0 amide bonds. The summed E-state index contributed by atoms with van der Waals surface area (Å²) in [6, 6.07) is 8.14. The quantitative estimate of drug-likeness (QED) is 0.737. The number of halogens is 1. The molecular weight excluding hydrogens is 260 g/mol. The first kappa shape index (κ1) is 14.7. The van der Waals surface area contributed by atoms with Gasteiger partial charge in [0.15, 0.2) is 0 Å². The van der Waals surface area contributed by atoms with Crippen LogP contribution in [-0.4, -0.2) is 18.8 Å². The molecule has 0 spiro atoms. The number of ether oxygens (including phenoxy) is 2. The summed E-state index contributed by atoms with van der Waals surface area (Å²) in [6.07, 6.45) is 2.58. The Kier molecular flexibility index (Phi) is 5.12. The second kappa shape index (κ2) is 6.62. The molecule has 0 aliphatic carbocycles. The van der Waals surface area contributed by atoms with Crippen LogP contribution in [0.4, 0.5) is 0 Å². The van der Waals surface area contributed by atoms with Crippen LogP contribution >= 0.6 is 11.6 Å². The maximum atomic E-state index is 6.62. The zero-order chi connectivity index (χ0) is 13.8. The Bertz CT molecular complexity index is 388. The van der Waals surface area contributed by atoms with E-state index in [1.165, 1.54) is 0 Å². The summed E-state index contributed by atoms with van der Waals surface area (Å²) in [5.41, 5.74) is 1.16. The predicted molar refractivity (Wildman–Crippen MR) is 78.9 cm³/mol. The van der Waals surface area contributed by atoms with Gasteiger partial charge in [0.1, 0.15) is 5.75 Å². The Labute approximate surface area is 121 Å². The molecule has 0 radical (unpaired) electrons. The van der Waals surface area contributed by atoms with Crippen LogP contribution < -0.4 is 4.74 Å². The van der Waals surface area contributed by atoms with Crippen molar-refractivity contribution < 1.29 is 9.47 Å². The van der Waals surface area contributed by atoms with Gasteiger partial charge in [-0.1, -0.05) is 19.1 Å². The number of benzene rings is 1. The Morgan fingerprint density at radius 2 is 2.00 bits per heavy atom. The van der Waals surface area contributed by atoms with Gasteiger partial charge < -0.3 is 9.47 Å². The fraction of sp³-hybridized carbons (Fsp3) is 0.625. The molecule has 1 saturated heterocycles. The SMILES string of the molecule is CCC1OCCC1C(Cl)c1ccc(OC(C)C)cc1. The Balaban J connectivity index is 2.04. The largest absolute Gasteiger partial charge is 0.491 e. The van der Waals surface area contributed by atoms with Gasteiger partial charge in [-0.2, -0.15) is 0 Å². The van der Waals surface area contributed by atoms with E-state index in [4.69, 9.17) is 21.1 Å². The predicted octanol–water partition coefficient (Wildman–Crippen LogP) is 4.57. The molecule has 1 fully saturated rings. The molecule has 1 aromatic rings. The van der Waals surface area contributed by atoms with E-state index < -0.39 is 0 Å². The normalized spacial score (nSPS) is 24.7. The summed E-state index contributed by atoms with van der Waals surface area (Å²) >= 11 is 6.62. The minimum atomic E-state index is 0.0283. The van der Waals surface area contributed by atoms with Crippen molar-refractivity contribution in [2.45, 2.75) is 51.2 Å². The average Bonchev–Trinajstić information content (AvgIpc) is 2.86. The van der Waals surface area contributed by atoms with Gasteiger partial charge >= 0.3 is 0 Å². The summed E-state index contributed by atoms with van der Waals surface area (Å²) in [6.45, 7) is 7.05. The molecule has 19 heavy (non-hydrogen) atoms. The van der Waals surface area contributed by atoms with E-state index in [2.05, 4.69) is 19.1 Å². The maximum absolute atomic E-state index is 6.62. The number of rotatable bonds is 5. The molecule has 0 aromatic heterocycles. The first-order chi connectivity index (χ1) is 9.11. The Morgan fingerprint density at radius 1 is 1.32 bits per heavy atom. The zero-order valence-corrected chi connectivity index (χ0v) is 12.7. The molecule has 2 rings (SSSR count). The lowest BCUT2D eigenvalue weighted by Crippen LogP contribution is -2.19. The van der Waals surface area contributed by atoms with Crippen molar-refractivity contribution >= 4 is 11.6 Å². The van der Waals surface area contributed by atoms with Crippen molar-refractivity contribution in [3.63, 3.8) is 0 Å². The lowest BCUT2D eigenvalue weighted by atomic mass is 9.91. The van der Waals surface area contributed by atoms with Crippen molar-refractivity contribution in [1.29, 1.82) is 0 Å². The highest BCUT2D eigenvalue weighted by molar-refractivity contribution is 6.21. The molecule has 0 saturated carbocycles. The van der Waals surface area contributed by atoms with Crippen molar-refractivity contribution in [1.82, 2.24) is 0 Å². The minimum Gasteiger partial charge on any atom is -0.491 e. The third-order valence-corrected chi connectivity index (χ3v) is 4.18. The van der Waals surface area contributed by atoms with E-state index in [1.54, 1.807) is 0 Å². The van der Waals surface area contributed by atoms with E-state index in [1.807, 2.05) is 26.0 Å². The van der Waals surface area contributed by atoms with Crippen molar-refractivity contribution in [2.24, 2.45) is 5.92 Å². The van der Waals surface area contributed by atoms with Crippen molar-refractivity contribution in [2.75, 3.05) is 6.61 Å². The van der Waals surface area contributed by atoms with Crippen LogP contribution in [-0.2, 0) is 4.74 Å². The lowest BCUT2D eigenvalue weighted by molar-refractivity contribution is 0.0864. The topological polar surface area (TPSA) is 18.5 Å². The third kappa shape index (κ3) is 3.64. The highest BCUT2D eigenvalue weighted by Gasteiger charge is 2.33. The van der Waals surface area contributed by atoms with E-state index in [0.29, 0.717) is 12.0 Å².